The van der Waals surface area contributed by atoms with E-state index in [0.717, 1.165) is 13.1 Å². The highest BCUT2D eigenvalue weighted by Crippen LogP contribution is 2.46. The van der Waals surface area contributed by atoms with Gasteiger partial charge in [-0.1, -0.05) is 12.1 Å². The van der Waals surface area contributed by atoms with E-state index in [1.54, 1.807) is 0 Å². The number of anilines is 1. The van der Waals surface area contributed by atoms with Crippen LogP contribution in [0.3, 0.4) is 0 Å². The third-order valence-electron chi connectivity index (χ3n) is 3.47. The second kappa shape index (κ2) is 5.32. The zero-order chi connectivity index (χ0) is 12.3. The molecule has 0 unspecified atom stereocenters. The molecule has 2 nitrogen and oxygen atoms in total. The molecule has 17 heavy (non-hydrogen) atoms. The third kappa shape index (κ3) is 3.39. The van der Waals surface area contributed by atoms with Gasteiger partial charge in [0.05, 0.1) is 0 Å². The molecule has 1 aliphatic carbocycles. The van der Waals surface area contributed by atoms with Gasteiger partial charge >= 0.3 is 0 Å². The summed E-state index contributed by atoms with van der Waals surface area (Å²) in [6.07, 6.45) is 4.97. The Morgan fingerprint density at radius 3 is 2.35 bits per heavy atom. The minimum absolute atomic E-state index is 0.559. The zero-order valence-corrected chi connectivity index (χ0v) is 11.8. The minimum Gasteiger partial charge on any atom is -0.378 e. The lowest BCUT2D eigenvalue weighted by atomic mass is 10.2. The summed E-state index contributed by atoms with van der Waals surface area (Å²) in [6, 6.07) is 8.78. The monoisotopic (exact) mass is 250 g/mol. The van der Waals surface area contributed by atoms with Gasteiger partial charge in [-0.3, -0.25) is 0 Å². The number of hydrogen-bond acceptors (Lipinski definition) is 3. The molecule has 1 aromatic carbocycles. The Balaban J connectivity index is 1.79. The van der Waals surface area contributed by atoms with E-state index in [-0.39, 0.29) is 0 Å². The van der Waals surface area contributed by atoms with Crippen LogP contribution in [-0.2, 0) is 6.54 Å². The van der Waals surface area contributed by atoms with Crippen LogP contribution in [0, 0.1) is 0 Å². The van der Waals surface area contributed by atoms with E-state index in [1.165, 1.54) is 24.1 Å². The Morgan fingerprint density at radius 1 is 1.24 bits per heavy atom. The van der Waals surface area contributed by atoms with E-state index in [9.17, 15) is 0 Å². The molecule has 0 aromatic heterocycles. The van der Waals surface area contributed by atoms with E-state index in [1.807, 2.05) is 11.8 Å². The fourth-order valence-corrected chi connectivity index (χ4v) is 2.70. The van der Waals surface area contributed by atoms with Crippen molar-refractivity contribution in [2.24, 2.45) is 0 Å². The van der Waals surface area contributed by atoms with Crippen molar-refractivity contribution in [3.63, 3.8) is 0 Å². The van der Waals surface area contributed by atoms with Crippen LogP contribution in [0.2, 0.25) is 0 Å². The van der Waals surface area contributed by atoms with Crippen molar-refractivity contribution in [1.29, 1.82) is 0 Å². The fraction of sp³-hybridized carbons (Fsp3) is 0.571. The van der Waals surface area contributed by atoms with Crippen molar-refractivity contribution >= 4 is 17.4 Å². The highest BCUT2D eigenvalue weighted by Gasteiger charge is 2.41. The highest BCUT2D eigenvalue weighted by molar-refractivity contribution is 8.00. The maximum absolute atomic E-state index is 3.57. The average molecular weight is 250 g/mol. The summed E-state index contributed by atoms with van der Waals surface area (Å²) in [6.45, 7) is 2.12. The maximum atomic E-state index is 3.57. The SMILES string of the molecule is CSC1(CNCc2ccc(N(C)C)cc2)CC1. The summed E-state index contributed by atoms with van der Waals surface area (Å²) in [7, 11) is 4.14. The molecule has 0 atom stereocenters. The van der Waals surface area contributed by atoms with E-state index >= 15 is 0 Å². The molecule has 0 bridgehead atoms. The van der Waals surface area contributed by atoms with Crippen LogP contribution < -0.4 is 10.2 Å². The van der Waals surface area contributed by atoms with Gasteiger partial charge < -0.3 is 10.2 Å². The number of benzene rings is 1. The normalized spacial score (nSPS) is 16.9. The summed E-state index contributed by atoms with van der Waals surface area (Å²) in [5.41, 5.74) is 2.63. The lowest BCUT2D eigenvalue weighted by Crippen LogP contribution is -2.25. The van der Waals surface area contributed by atoms with Crippen LogP contribution in [0.1, 0.15) is 18.4 Å². The third-order valence-corrected chi connectivity index (χ3v) is 4.89. The van der Waals surface area contributed by atoms with E-state index < -0.39 is 0 Å². The molecule has 1 N–H and O–H groups in total. The van der Waals surface area contributed by atoms with Crippen LogP contribution in [0.4, 0.5) is 5.69 Å². The van der Waals surface area contributed by atoms with Crippen LogP contribution in [0.25, 0.3) is 0 Å². The number of hydrogen-bond donors (Lipinski definition) is 1. The second-order valence-corrected chi connectivity index (χ2v) is 6.33. The van der Waals surface area contributed by atoms with Crippen LogP contribution in [0.5, 0.6) is 0 Å². The van der Waals surface area contributed by atoms with Gasteiger partial charge in [0, 0.05) is 37.6 Å². The van der Waals surface area contributed by atoms with Gasteiger partial charge in [-0.05, 0) is 36.8 Å². The number of nitrogens with one attached hydrogen (secondary N) is 1. The summed E-state index contributed by atoms with van der Waals surface area (Å²) in [5, 5.41) is 3.57. The van der Waals surface area contributed by atoms with E-state index in [2.05, 4.69) is 54.8 Å². The molecule has 3 heteroatoms. The smallest absolute Gasteiger partial charge is 0.0361 e. The Kier molecular flexibility index (Phi) is 4.00. The maximum Gasteiger partial charge on any atom is 0.0361 e. The van der Waals surface area contributed by atoms with Gasteiger partial charge in [-0.15, -0.1) is 0 Å². The molecule has 1 fully saturated rings. The lowest BCUT2D eigenvalue weighted by Gasteiger charge is -2.14. The van der Waals surface area contributed by atoms with Crippen molar-refractivity contribution in [3.05, 3.63) is 29.8 Å². The topological polar surface area (TPSA) is 15.3 Å². The summed E-state index contributed by atoms with van der Waals surface area (Å²) in [5.74, 6) is 0. The van der Waals surface area contributed by atoms with Crippen LogP contribution >= 0.6 is 11.8 Å². The molecular formula is C14H22N2S. The molecule has 1 aromatic rings. The Bertz CT molecular complexity index is 355. The molecule has 1 saturated carbocycles. The quantitative estimate of drug-likeness (QED) is 0.836. The van der Waals surface area contributed by atoms with Gasteiger partial charge in [0.25, 0.3) is 0 Å². The summed E-state index contributed by atoms with van der Waals surface area (Å²) in [4.78, 5) is 2.13. The standard InChI is InChI=1S/C14H22N2S/c1-16(2)13-6-4-12(5-7-13)10-15-11-14(17-3)8-9-14/h4-7,15H,8-11H2,1-3H3. The predicted molar refractivity (Wildman–Crippen MR) is 78.0 cm³/mol. The van der Waals surface area contributed by atoms with Gasteiger partial charge in [-0.25, -0.2) is 0 Å². The highest BCUT2D eigenvalue weighted by atomic mass is 32.2. The van der Waals surface area contributed by atoms with Crippen molar-refractivity contribution < 1.29 is 0 Å². The molecular weight excluding hydrogens is 228 g/mol. The Hall–Kier alpha value is -0.670. The van der Waals surface area contributed by atoms with Crippen molar-refractivity contribution in [1.82, 2.24) is 5.32 Å². The first-order chi connectivity index (χ1) is 8.15. The van der Waals surface area contributed by atoms with Gasteiger partial charge in [-0.2, -0.15) is 11.8 Å². The number of nitrogens with zero attached hydrogens (tertiary/aromatic N) is 1. The molecule has 94 valence electrons. The first kappa shape index (κ1) is 12.8. The molecule has 0 saturated heterocycles. The number of rotatable bonds is 6. The predicted octanol–water partition coefficient (Wildman–Crippen LogP) is 2.74. The molecule has 1 aliphatic rings. The molecule has 2 rings (SSSR count). The van der Waals surface area contributed by atoms with Crippen molar-refractivity contribution in [2.45, 2.75) is 24.1 Å². The lowest BCUT2D eigenvalue weighted by molar-refractivity contribution is 0.663. The molecule has 0 amide bonds. The Morgan fingerprint density at radius 2 is 1.88 bits per heavy atom. The van der Waals surface area contributed by atoms with Gasteiger partial charge in [0.1, 0.15) is 0 Å². The van der Waals surface area contributed by atoms with Crippen molar-refractivity contribution in [2.75, 3.05) is 31.8 Å². The second-order valence-electron chi connectivity index (χ2n) is 5.05. The van der Waals surface area contributed by atoms with Crippen molar-refractivity contribution in [3.8, 4) is 0 Å². The average Bonchev–Trinajstić information content (AvgIpc) is 3.10. The number of thioether (sulfide) groups is 1. The van der Waals surface area contributed by atoms with E-state index in [4.69, 9.17) is 0 Å². The fourth-order valence-electron chi connectivity index (χ4n) is 1.94. The first-order valence-corrected chi connectivity index (χ1v) is 7.40. The van der Waals surface area contributed by atoms with Crippen LogP contribution in [-0.4, -0.2) is 31.6 Å². The molecule has 0 heterocycles. The first-order valence-electron chi connectivity index (χ1n) is 6.17. The molecule has 0 radical (unpaired) electrons. The molecule has 0 spiro atoms. The summed E-state index contributed by atoms with van der Waals surface area (Å²) >= 11 is 2.01. The molecule has 0 aliphatic heterocycles. The largest absolute Gasteiger partial charge is 0.378 e. The van der Waals surface area contributed by atoms with Gasteiger partial charge in [0.2, 0.25) is 0 Å². The van der Waals surface area contributed by atoms with E-state index in [0.29, 0.717) is 4.75 Å². The Labute approximate surface area is 109 Å². The van der Waals surface area contributed by atoms with Crippen LogP contribution in [0.15, 0.2) is 24.3 Å². The minimum atomic E-state index is 0.559. The zero-order valence-electron chi connectivity index (χ0n) is 11.0. The summed E-state index contributed by atoms with van der Waals surface area (Å²) < 4.78 is 0.559. The van der Waals surface area contributed by atoms with Gasteiger partial charge in [0.15, 0.2) is 0 Å².